The third-order valence-electron chi connectivity index (χ3n) is 1.82. The van der Waals surface area contributed by atoms with E-state index >= 15 is 0 Å². The molecule has 1 aromatic carbocycles. The summed E-state index contributed by atoms with van der Waals surface area (Å²) < 4.78 is 44.8. The lowest BCUT2D eigenvalue weighted by atomic mass is 10.2. The molecule has 0 aliphatic rings. The SMILES string of the molecule is Cc1ccc(S(=O)(=O)NNS(C)(=O)=O)cc1Cl. The Morgan fingerprint density at radius 2 is 1.71 bits per heavy atom. The monoisotopic (exact) mass is 298 g/mol. The molecule has 1 aromatic rings. The van der Waals surface area contributed by atoms with Gasteiger partial charge in [0.25, 0.3) is 10.0 Å². The number of benzene rings is 1. The molecule has 9 heteroatoms. The van der Waals surface area contributed by atoms with Crippen LogP contribution >= 0.6 is 11.6 Å². The highest BCUT2D eigenvalue weighted by Gasteiger charge is 2.16. The van der Waals surface area contributed by atoms with Crippen molar-refractivity contribution in [1.29, 1.82) is 0 Å². The molecule has 0 aliphatic carbocycles. The summed E-state index contributed by atoms with van der Waals surface area (Å²) >= 11 is 5.78. The smallest absolute Gasteiger partial charge is 0.211 e. The third kappa shape index (κ3) is 4.25. The molecule has 17 heavy (non-hydrogen) atoms. The summed E-state index contributed by atoms with van der Waals surface area (Å²) in [6.45, 7) is 1.72. The van der Waals surface area contributed by atoms with E-state index in [9.17, 15) is 16.8 Å². The second-order valence-electron chi connectivity index (χ2n) is 3.39. The van der Waals surface area contributed by atoms with E-state index in [0.717, 1.165) is 11.8 Å². The molecule has 0 amide bonds. The van der Waals surface area contributed by atoms with Gasteiger partial charge in [0.15, 0.2) is 0 Å². The van der Waals surface area contributed by atoms with Crippen molar-refractivity contribution >= 4 is 31.6 Å². The third-order valence-corrected chi connectivity index (χ3v) is 4.07. The van der Waals surface area contributed by atoms with Gasteiger partial charge in [-0.1, -0.05) is 17.7 Å². The fraction of sp³-hybridized carbons (Fsp3) is 0.250. The Bertz CT molecular complexity index is 625. The lowest BCUT2D eigenvalue weighted by molar-refractivity contribution is 0.561. The fourth-order valence-corrected chi connectivity index (χ4v) is 2.86. The number of sulfonamides is 2. The first-order chi connectivity index (χ1) is 7.62. The summed E-state index contributed by atoms with van der Waals surface area (Å²) in [5.41, 5.74) is 0.724. The Morgan fingerprint density at radius 3 is 2.18 bits per heavy atom. The van der Waals surface area contributed by atoms with E-state index in [1.54, 1.807) is 16.6 Å². The molecule has 6 nitrogen and oxygen atoms in total. The quantitative estimate of drug-likeness (QED) is 0.787. The molecule has 0 radical (unpaired) electrons. The number of aryl methyl sites for hydroxylation is 1. The van der Waals surface area contributed by atoms with E-state index in [1.165, 1.54) is 18.2 Å². The van der Waals surface area contributed by atoms with E-state index in [1.807, 2.05) is 0 Å². The maximum absolute atomic E-state index is 11.6. The van der Waals surface area contributed by atoms with Gasteiger partial charge in [0, 0.05) is 5.02 Å². The number of nitrogens with one attached hydrogen (secondary N) is 2. The van der Waals surface area contributed by atoms with Gasteiger partial charge >= 0.3 is 0 Å². The van der Waals surface area contributed by atoms with Crippen LogP contribution < -0.4 is 9.66 Å². The zero-order valence-electron chi connectivity index (χ0n) is 9.06. The second kappa shape index (κ2) is 4.91. The van der Waals surface area contributed by atoms with Crippen molar-refractivity contribution in [2.45, 2.75) is 11.8 Å². The van der Waals surface area contributed by atoms with E-state index in [0.29, 0.717) is 0 Å². The van der Waals surface area contributed by atoms with Gasteiger partial charge in [-0.25, -0.2) is 16.8 Å². The summed E-state index contributed by atoms with van der Waals surface area (Å²) in [7, 11) is -7.61. The van der Waals surface area contributed by atoms with Crippen molar-refractivity contribution < 1.29 is 16.8 Å². The Kier molecular flexibility index (Phi) is 4.15. The lowest BCUT2D eigenvalue weighted by Gasteiger charge is -2.07. The van der Waals surface area contributed by atoms with Crippen LogP contribution in [0.4, 0.5) is 0 Å². The zero-order valence-corrected chi connectivity index (χ0v) is 11.4. The Hall–Kier alpha value is -0.670. The minimum absolute atomic E-state index is 0.121. The van der Waals surface area contributed by atoms with Crippen LogP contribution in [-0.2, 0) is 20.0 Å². The van der Waals surface area contributed by atoms with Crippen LogP contribution in [-0.4, -0.2) is 23.1 Å². The molecule has 0 saturated heterocycles. The van der Waals surface area contributed by atoms with Gasteiger partial charge < -0.3 is 0 Å². The molecule has 0 bridgehead atoms. The number of rotatable bonds is 4. The minimum Gasteiger partial charge on any atom is -0.211 e. The molecule has 0 aliphatic heterocycles. The summed E-state index contributed by atoms with van der Waals surface area (Å²) in [5.74, 6) is 0. The predicted molar refractivity (Wildman–Crippen MR) is 64.5 cm³/mol. The first kappa shape index (κ1) is 14.4. The van der Waals surface area contributed by atoms with Crippen LogP contribution in [0.1, 0.15) is 5.56 Å². The normalized spacial score (nSPS) is 12.6. The van der Waals surface area contributed by atoms with Crippen LogP contribution in [0, 0.1) is 6.92 Å². The van der Waals surface area contributed by atoms with Crippen LogP contribution in [0.3, 0.4) is 0 Å². The minimum atomic E-state index is -3.96. The molecular weight excluding hydrogens is 288 g/mol. The molecule has 0 heterocycles. The second-order valence-corrected chi connectivity index (χ2v) is 7.23. The summed E-state index contributed by atoms with van der Waals surface area (Å²) in [5, 5.41) is 0.284. The molecule has 0 saturated carbocycles. The van der Waals surface area contributed by atoms with Crippen molar-refractivity contribution in [3.8, 4) is 0 Å². The van der Waals surface area contributed by atoms with Crippen LogP contribution in [0.15, 0.2) is 23.1 Å². The van der Waals surface area contributed by atoms with Gasteiger partial charge in [-0.05, 0) is 24.6 Å². The predicted octanol–water partition coefficient (Wildman–Crippen LogP) is 0.391. The first-order valence-electron chi connectivity index (χ1n) is 4.36. The van der Waals surface area contributed by atoms with Gasteiger partial charge in [-0.15, -0.1) is 9.66 Å². The number of halogens is 1. The van der Waals surface area contributed by atoms with Gasteiger partial charge in [0.05, 0.1) is 11.2 Å². The molecule has 0 aromatic heterocycles. The highest BCUT2D eigenvalue weighted by atomic mass is 35.5. The summed E-state index contributed by atoms with van der Waals surface area (Å²) in [6.07, 6.45) is 0.831. The molecule has 0 spiro atoms. The average Bonchev–Trinajstić information content (AvgIpc) is 2.18. The van der Waals surface area contributed by atoms with E-state index in [2.05, 4.69) is 0 Å². The average molecular weight is 299 g/mol. The summed E-state index contributed by atoms with van der Waals surface area (Å²) in [6, 6.07) is 4.09. The van der Waals surface area contributed by atoms with Crippen molar-refractivity contribution in [3.05, 3.63) is 28.8 Å². The van der Waals surface area contributed by atoms with Crippen LogP contribution in [0.2, 0.25) is 5.02 Å². The highest BCUT2D eigenvalue weighted by Crippen LogP contribution is 2.19. The Labute approximate surface area is 105 Å². The van der Waals surface area contributed by atoms with Crippen molar-refractivity contribution in [1.82, 2.24) is 9.66 Å². The van der Waals surface area contributed by atoms with Gasteiger partial charge in [0.2, 0.25) is 10.0 Å². The van der Waals surface area contributed by atoms with E-state index in [-0.39, 0.29) is 9.92 Å². The molecular formula is C8H11ClN2O4S2. The molecule has 0 fully saturated rings. The van der Waals surface area contributed by atoms with E-state index < -0.39 is 20.0 Å². The largest absolute Gasteiger partial charge is 0.254 e. The van der Waals surface area contributed by atoms with Gasteiger partial charge in [0.1, 0.15) is 0 Å². The van der Waals surface area contributed by atoms with Crippen molar-refractivity contribution in [2.24, 2.45) is 0 Å². The van der Waals surface area contributed by atoms with Crippen molar-refractivity contribution in [3.63, 3.8) is 0 Å². The van der Waals surface area contributed by atoms with Gasteiger partial charge in [-0.2, -0.15) is 0 Å². The Morgan fingerprint density at radius 1 is 1.12 bits per heavy atom. The first-order valence-corrected chi connectivity index (χ1v) is 8.12. The molecule has 1 rings (SSSR count). The molecule has 96 valence electrons. The zero-order chi connectivity index (χ0) is 13.3. The van der Waals surface area contributed by atoms with E-state index in [4.69, 9.17) is 11.6 Å². The maximum atomic E-state index is 11.6. The number of hydrogen-bond donors (Lipinski definition) is 2. The van der Waals surface area contributed by atoms with Crippen molar-refractivity contribution in [2.75, 3.05) is 6.26 Å². The lowest BCUT2D eigenvalue weighted by Crippen LogP contribution is -2.40. The highest BCUT2D eigenvalue weighted by molar-refractivity contribution is 7.92. The topological polar surface area (TPSA) is 92.3 Å². The molecule has 0 atom stereocenters. The summed E-state index contributed by atoms with van der Waals surface area (Å²) in [4.78, 5) is 3.30. The van der Waals surface area contributed by atoms with Crippen LogP contribution in [0.5, 0.6) is 0 Å². The maximum Gasteiger partial charge on any atom is 0.254 e. The molecule has 0 unspecified atom stereocenters. The Balaban J connectivity index is 3.02. The van der Waals surface area contributed by atoms with Crippen LogP contribution in [0.25, 0.3) is 0 Å². The fourth-order valence-electron chi connectivity index (χ4n) is 0.930. The van der Waals surface area contributed by atoms with Gasteiger partial charge in [-0.3, -0.25) is 0 Å². The standard InChI is InChI=1S/C8H11ClN2O4S2/c1-6-3-4-7(5-8(6)9)17(14,15)11-10-16(2,12)13/h3-5,10-11H,1-2H3. The molecule has 2 N–H and O–H groups in total. The number of hydrogen-bond acceptors (Lipinski definition) is 4. The number of hydrazine groups is 1.